The van der Waals surface area contributed by atoms with Gasteiger partial charge in [0.1, 0.15) is 10.7 Å². The van der Waals surface area contributed by atoms with Gasteiger partial charge in [0.05, 0.1) is 6.20 Å². The summed E-state index contributed by atoms with van der Waals surface area (Å²) in [5.74, 6) is -2.08. The number of hydrogen-bond acceptors (Lipinski definition) is 4. The highest BCUT2D eigenvalue weighted by Crippen LogP contribution is 2.22. The molecule has 0 saturated carbocycles. The zero-order valence-corrected chi connectivity index (χ0v) is 12.0. The van der Waals surface area contributed by atoms with Crippen LogP contribution in [-0.2, 0) is 16.6 Å². The maximum absolute atomic E-state index is 13.2. The number of nitrogen functional groups attached to an aromatic ring is 1. The predicted octanol–water partition coefficient (Wildman–Crippen LogP) is 1.48. The minimum atomic E-state index is -3.86. The largest absolute Gasteiger partial charge is 0.383 e. The van der Waals surface area contributed by atoms with Crippen molar-refractivity contribution in [3.8, 4) is 0 Å². The normalized spacial score (nSPS) is 12.0. The molecule has 0 bridgehead atoms. The topological polar surface area (TPSA) is 92.1 Å². The quantitative estimate of drug-likeness (QED) is 0.874. The van der Waals surface area contributed by atoms with Crippen LogP contribution >= 0.6 is 0 Å². The number of nitrogens with zero attached hydrogens (tertiary/aromatic N) is 2. The number of anilines is 1. The Morgan fingerprint density at radius 1 is 1.33 bits per heavy atom. The molecule has 0 aliphatic carbocycles. The summed E-state index contributed by atoms with van der Waals surface area (Å²) in [7, 11) is -3.86. The van der Waals surface area contributed by atoms with Crippen molar-refractivity contribution in [1.82, 2.24) is 14.5 Å². The number of hydrogen-bond donors (Lipinski definition) is 2. The van der Waals surface area contributed by atoms with Gasteiger partial charge in [0.15, 0.2) is 11.6 Å². The summed E-state index contributed by atoms with van der Waals surface area (Å²) in [5.41, 5.74) is 5.86. The Kier molecular flexibility index (Phi) is 4.24. The number of aromatic amines is 1. The van der Waals surface area contributed by atoms with Crippen molar-refractivity contribution in [3.05, 3.63) is 41.6 Å². The fraction of sp³-hybridized carbons (Fsp3) is 0.250. The molecule has 21 heavy (non-hydrogen) atoms. The van der Waals surface area contributed by atoms with Crippen molar-refractivity contribution >= 4 is 15.8 Å². The molecule has 0 unspecified atom stereocenters. The molecule has 2 aromatic rings. The molecule has 3 N–H and O–H groups in total. The van der Waals surface area contributed by atoms with Gasteiger partial charge in [-0.2, -0.15) is 9.40 Å². The molecule has 1 heterocycles. The van der Waals surface area contributed by atoms with Crippen LogP contribution in [0.15, 0.2) is 29.3 Å². The van der Waals surface area contributed by atoms with E-state index in [4.69, 9.17) is 5.73 Å². The number of benzene rings is 1. The number of halogens is 2. The van der Waals surface area contributed by atoms with Gasteiger partial charge in [0.25, 0.3) is 0 Å². The molecule has 0 atom stereocenters. The molecular weight excluding hydrogens is 302 g/mol. The van der Waals surface area contributed by atoms with E-state index in [1.165, 1.54) is 6.07 Å². The molecule has 0 fully saturated rings. The number of aromatic nitrogens is 2. The monoisotopic (exact) mass is 316 g/mol. The summed E-state index contributed by atoms with van der Waals surface area (Å²) < 4.78 is 52.0. The van der Waals surface area contributed by atoms with Gasteiger partial charge in [0, 0.05) is 13.1 Å². The van der Waals surface area contributed by atoms with Crippen LogP contribution in [0.1, 0.15) is 12.5 Å². The van der Waals surface area contributed by atoms with Crippen molar-refractivity contribution in [3.63, 3.8) is 0 Å². The number of rotatable bonds is 5. The summed E-state index contributed by atoms with van der Waals surface area (Å²) in [5, 5.41) is 5.92. The molecule has 9 heteroatoms. The minimum Gasteiger partial charge on any atom is -0.383 e. The maximum atomic E-state index is 13.2. The molecule has 114 valence electrons. The Morgan fingerprint density at radius 2 is 2.05 bits per heavy atom. The summed E-state index contributed by atoms with van der Waals surface area (Å²) in [6, 6.07) is 3.25. The third-order valence-electron chi connectivity index (χ3n) is 2.95. The Labute approximate surface area is 120 Å². The van der Waals surface area contributed by atoms with E-state index in [1.54, 1.807) is 6.92 Å². The Bertz CT molecular complexity index is 745. The van der Waals surface area contributed by atoms with Crippen molar-refractivity contribution in [2.24, 2.45) is 0 Å². The van der Waals surface area contributed by atoms with Crippen LogP contribution in [0, 0.1) is 11.6 Å². The summed E-state index contributed by atoms with van der Waals surface area (Å²) in [6.45, 7) is 1.68. The Balaban J connectivity index is 2.32. The smallest absolute Gasteiger partial charge is 0.248 e. The van der Waals surface area contributed by atoms with Crippen LogP contribution in [0.5, 0.6) is 0 Å². The van der Waals surface area contributed by atoms with Gasteiger partial charge >= 0.3 is 0 Å². The molecule has 0 spiro atoms. The molecule has 0 amide bonds. The average Bonchev–Trinajstić information content (AvgIpc) is 2.86. The SMILES string of the molecule is CCN(Cc1ccc(F)c(F)c1)S(=O)(=O)c1cn[nH]c1N. The van der Waals surface area contributed by atoms with Gasteiger partial charge in [-0.05, 0) is 17.7 Å². The van der Waals surface area contributed by atoms with E-state index in [1.807, 2.05) is 0 Å². The first-order valence-corrected chi connectivity index (χ1v) is 7.53. The standard InChI is InChI=1S/C12H14F2N4O2S/c1-2-18(7-8-3-4-9(13)10(14)5-8)21(19,20)11-6-16-17-12(11)15/h3-6H,2,7H2,1H3,(H3,15,16,17). The lowest BCUT2D eigenvalue weighted by atomic mass is 10.2. The Morgan fingerprint density at radius 3 is 2.57 bits per heavy atom. The zero-order chi connectivity index (χ0) is 15.6. The molecule has 1 aromatic carbocycles. The molecule has 0 radical (unpaired) electrons. The molecule has 1 aromatic heterocycles. The van der Waals surface area contributed by atoms with Gasteiger partial charge in [-0.25, -0.2) is 17.2 Å². The van der Waals surface area contributed by atoms with Gasteiger partial charge in [-0.3, -0.25) is 5.10 Å². The second-order valence-electron chi connectivity index (χ2n) is 4.33. The van der Waals surface area contributed by atoms with E-state index in [-0.39, 0.29) is 23.8 Å². The molecule has 2 rings (SSSR count). The summed E-state index contributed by atoms with van der Waals surface area (Å²) >= 11 is 0. The first kappa shape index (κ1) is 15.4. The van der Waals surface area contributed by atoms with Gasteiger partial charge in [0.2, 0.25) is 10.0 Å². The van der Waals surface area contributed by atoms with E-state index < -0.39 is 21.7 Å². The minimum absolute atomic E-state index is 0.0706. The first-order chi connectivity index (χ1) is 9.86. The fourth-order valence-electron chi connectivity index (χ4n) is 1.84. The second-order valence-corrected chi connectivity index (χ2v) is 6.23. The lowest BCUT2D eigenvalue weighted by Crippen LogP contribution is -2.30. The molecule has 0 aliphatic heterocycles. The number of sulfonamides is 1. The molecule has 0 saturated heterocycles. The molecule has 6 nitrogen and oxygen atoms in total. The van der Waals surface area contributed by atoms with Crippen molar-refractivity contribution < 1.29 is 17.2 Å². The fourth-order valence-corrected chi connectivity index (χ4v) is 3.28. The van der Waals surface area contributed by atoms with Crippen LogP contribution in [0.3, 0.4) is 0 Å². The first-order valence-electron chi connectivity index (χ1n) is 6.09. The summed E-state index contributed by atoms with van der Waals surface area (Å²) in [6.07, 6.45) is 1.11. The Hall–Kier alpha value is -2.00. The van der Waals surface area contributed by atoms with E-state index >= 15 is 0 Å². The maximum Gasteiger partial charge on any atom is 0.248 e. The second kappa shape index (κ2) is 5.78. The highest BCUT2D eigenvalue weighted by atomic mass is 32.2. The van der Waals surface area contributed by atoms with Crippen LogP contribution in [-0.4, -0.2) is 29.5 Å². The highest BCUT2D eigenvalue weighted by molar-refractivity contribution is 7.89. The third kappa shape index (κ3) is 3.03. The van der Waals surface area contributed by atoms with E-state index in [0.29, 0.717) is 5.56 Å². The lowest BCUT2D eigenvalue weighted by Gasteiger charge is -2.20. The van der Waals surface area contributed by atoms with Gasteiger partial charge in [-0.1, -0.05) is 13.0 Å². The zero-order valence-electron chi connectivity index (χ0n) is 11.2. The predicted molar refractivity (Wildman–Crippen MR) is 72.6 cm³/mol. The molecular formula is C12H14F2N4O2S. The molecule has 0 aliphatic rings. The van der Waals surface area contributed by atoms with Crippen LogP contribution < -0.4 is 5.73 Å². The van der Waals surface area contributed by atoms with Crippen LogP contribution in [0.4, 0.5) is 14.6 Å². The number of H-pyrrole nitrogens is 1. The highest BCUT2D eigenvalue weighted by Gasteiger charge is 2.27. The number of nitrogens with two attached hydrogens (primary N) is 1. The average molecular weight is 316 g/mol. The van der Waals surface area contributed by atoms with Crippen molar-refractivity contribution in [1.29, 1.82) is 0 Å². The van der Waals surface area contributed by atoms with Gasteiger partial charge < -0.3 is 5.73 Å². The van der Waals surface area contributed by atoms with Crippen molar-refractivity contribution in [2.45, 2.75) is 18.4 Å². The lowest BCUT2D eigenvalue weighted by molar-refractivity contribution is 0.421. The van der Waals surface area contributed by atoms with E-state index in [0.717, 1.165) is 22.6 Å². The number of nitrogens with one attached hydrogen (secondary N) is 1. The summed E-state index contributed by atoms with van der Waals surface area (Å²) in [4.78, 5) is -0.146. The van der Waals surface area contributed by atoms with Crippen molar-refractivity contribution in [2.75, 3.05) is 12.3 Å². The van der Waals surface area contributed by atoms with Crippen LogP contribution in [0.2, 0.25) is 0 Å². The van der Waals surface area contributed by atoms with Gasteiger partial charge in [-0.15, -0.1) is 0 Å². The third-order valence-corrected chi connectivity index (χ3v) is 4.89. The van der Waals surface area contributed by atoms with E-state index in [2.05, 4.69) is 10.2 Å². The van der Waals surface area contributed by atoms with Crippen LogP contribution in [0.25, 0.3) is 0 Å². The van der Waals surface area contributed by atoms with E-state index in [9.17, 15) is 17.2 Å².